The first kappa shape index (κ1) is 16.6. The maximum atomic E-state index is 13.0. The maximum absolute atomic E-state index is 13.0. The second-order valence-corrected chi connectivity index (χ2v) is 8.93. The summed E-state index contributed by atoms with van der Waals surface area (Å²) in [6, 6.07) is 1.87. The fourth-order valence-corrected chi connectivity index (χ4v) is 6.18. The first-order valence-electron chi connectivity index (χ1n) is 7.27. The average molecular weight is 329 g/mol. The number of hydrogen-bond donors (Lipinski definition) is 1. The lowest BCUT2D eigenvalue weighted by Gasteiger charge is -2.32. The molecule has 0 bridgehead atoms. The van der Waals surface area contributed by atoms with Gasteiger partial charge in [0.1, 0.15) is 0 Å². The molecule has 4 nitrogen and oxygen atoms in total. The molecule has 1 unspecified atom stereocenters. The Bertz CT molecular complexity index is 642. The minimum Gasteiger partial charge on any atom is -0.398 e. The summed E-state index contributed by atoms with van der Waals surface area (Å²) in [5, 5.41) is 0.386. The second-order valence-electron chi connectivity index (χ2n) is 5.64. The van der Waals surface area contributed by atoms with Gasteiger partial charge in [-0.2, -0.15) is 16.1 Å². The Morgan fingerprint density at radius 1 is 1.33 bits per heavy atom. The summed E-state index contributed by atoms with van der Waals surface area (Å²) in [7, 11) is -3.47. The Labute approximate surface area is 132 Å². The molecule has 1 heterocycles. The highest BCUT2D eigenvalue weighted by atomic mass is 32.2. The number of anilines is 1. The van der Waals surface area contributed by atoms with E-state index in [-0.39, 0.29) is 0 Å². The van der Waals surface area contributed by atoms with Crippen LogP contribution in [0.3, 0.4) is 0 Å². The molecule has 118 valence electrons. The molecule has 1 aromatic rings. The Balaban J connectivity index is 2.47. The van der Waals surface area contributed by atoms with E-state index < -0.39 is 10.0 Å². The molecule has 1 aliphatic rings. The lowest BCUT2D eigenvalue weighted by molar-refractivity contribution is 0.415. The van der Waals surface area contributed by atoms with Gasteiger partial charge in [-0.05, 0) is 43.9 Å². The molecule has 6 heteroatoms. The van der Waals surface area contributed by atoms with Crippen molar-refractivity contribution in [3.05, 3.63) is 22.8 Å². The topological polar surface area (TPSA) is 63.4 Å². The summed E-state index contributed by atoms with van der Waals surface area (Å²) >= 11 is 1.86. The molecule has 0 amide bonds. The number of rotatable bonds is 3. The van der Waals surface area contributed by atoms with Crippen molar-refractivity contribution in [2.45, 2.75) is 44.3 Å². The van der Waals surface area contributed by atoms with Gasteiger partial charge in [-0.15, -0.1) is 0 Å². The minimum atomic E-state index is -3.47. The van der Waals surface area contributed by atoms with Gasteiger partial charge >= 0.3 is 0 Å². The molecule has 0 saturated carbocycles. The Morgan fingerprint density at radius 3 is 2.62 bits per heavy atom. The van der Waals surface area contributed by atoms with Crippen molar-refractivity contribution in [2.75, 3.05) is 24.6 Å². The molecule has 1 aromatic carbocycles. The van der Waals surface area contributed by atoms with Gasteiger partial charge in [0.15, 0.2) is 0 Å². The van der Waals surface area contributed by atoms with Crippen molar-refractivity contribution >= 4 is 27.5 Å². The Morgan fingerprint density at radius 2 is 2.00 bits per heavy atom. The SMILES string of the molecule is CCC1CN(S(=O)(=O)c2c(C)cc(C)c(N)c2C)CCS1. The van der Waals surface area contributed by atoms with E-state index in [1.165, 1.54) is 0 Å². The van der Waals surface area contributed by atoms with Crippen molar-refractivity contribution in [3.63, 3.8) is 0 Å². The van der Waals surface area contributed by atoms with Crippen LogP contribution in [0.1, 0.15) is 30.0 Å². The van der Waals surface area contributed by atoms with Crippen LogP contribution in [0, 0.1) is 20.8 Å². The van der Waals surface area contributed by atoms with Gasteiger partial charge in [0, 0.05) is 29.8 Å². The van der Waals surface area contributed by atoms with Crippen LogP contribution in [0.5, 0.6) is 0 Å². The summed E-state index contributed by atoms with van der Waals surface area (Å²) in [6.07, 6.45) is 0.991. The fraction of sp³-hybridized carbons (Fsp3) is 0.600. The quantitative estimate of drug-likeness (QED) is 0.867. The first-order chi connectivity index (χ1) is 9.78. The Kier molecular flexibility index (Phi) is 4.90. The third-order valence-electron chi connectivity index (χ3n) is 4.12. The third-order valence-corrected chi connectivity index (χ3v) is 7.64. The smallest absolute Gasteiger partial charge is 0.243 e. The fourth-order valence-electron chi connectivity index (χ4n) is 2.87. The summed E-state index contributed by atoms with van der Waals surface area (Å²) in [5.41, 5.74) is 9.02. The van der Waals surface area contributed by atoms with Gasteiger partial charge in [-0.1, -0.05) is 13.0 Å². The molecule has 21 heavy (non-hydrogen) atoms. The van der Waals surface area contributed by atoms with Gasteiger partial charge in [0.25, 0.3) is 0 Å². The normalized spacial score (nSPS) is 20.7. The van der Waals surface area contributed by atoms with E-state index in [0.717, 1.165) is 23.3 Å². The maximum Gasteiger partial charge on any atom is 0.243 e. The average Bonchev–Trinajstić information content (AvgIpc) is 2.44. The molecule has 1 atom stereocenters. The highest BCUT2D eigenvalue weighted by Gasteiger charge is 2.32. The molecule has 0 spiro atoms. The zero-order chi connectivity index (χ0) is 15.8. The highest BCUT2D eigenvalue weighted by molar-refractivity contribution is 8.00. The number of hydrogen-bond acceptors (Lipinski definition) is 4. The van der Waals surface area contributed by atoms with E-state index in [2.05, 4.69) is 6.92 Å². The number of nitrogen functional groups attached to an aromatic ring is 1. The van der Waals surface area contributed by atoms with Gasteiger partial charge in [0.2, 0.25) is 10.0 Å². The standard InChI is InChI=1S/C15H24N2O2S2/c1-5-13-9-17(6-7-20-13)21(18,19)15-11(3)8-10(2)14(16)12(15)4/h8,13H,5-7,9,16H2,1-4H3. The van der Waals surface area contributed by atoms with E-state index in [1.54, 1.807) is 11.2 Å². The van der Waals surface area contributed by atoms with Crippen molar-refractivity contribution in [1.29, 1.82) is 0 Å². The van der Waals surface area contributed by atoms with E-state index in [1.807, 2.05) is 31.7 Å². The predicted octanol–water partition coefficient (Wildman–Crippen LogP) is 2.71. The van der Waals surface area contributed by atoms with Crippen molar-refractivity contribution in [3.8, 4) is 0 Å². The predicted molar refractivity (Wildman–Crippen MR) is 90.4 cm³/mol. The summed E-state index contributed by atoms with van der Waals surface area (Å²) in [6.45, 7) is 8.84. The minimum absolute atomic E-state index is 0.386. The number of nitrogens with zero attached hydrogens (tertiary/aromatic N) is 1. The molecule has 2 rings (SSSR count). The zero-order valence-corrected chi connectivity index (χ0v) is 14.8. The van der Waals surface area contributed by atoms with Crippen LogP contribution < -0.4 is 5.73 Å². The zero-order valence-electron chi connectivity index (χ0n) is 13.1. The highest BCUT2D eigenvalue weighted by Crippen LogP contribution is 2.32. The molecular weight excluding hydrogens is 304 g/mol. The van der Waals surface area contributed by atoms with Crippen molar-refractivity contribution in [2.24, 2.45) is 0 Å². The van der Waals surface area contributed by atoms with Crippen LogP contribution in [0.2, 0.25) is 0 Å². The molecule has 0 radical (unpaired) electrons. The largest absolute Gasteiger partial charge is 0.398 e. The summed E-state index contributed by atoms with van der Waals surface area (Å²) in [4.78, 5) is 0.396. The number of thioether (sulfide) groups is 1. The van der Waals surface area contributed by atoms with Crippen LogP contribution in [-0.2, 0) is 10.0 Å². The monoisotopic (exact) mass is 328 g/mol. The third kappa shape index (κ3) is 3.07. The molecule has 1 aliphatic heterocycles. The molecule has 1 saturated heterocycles. The van der Waals surface area contributed by atoms with Gasteiger partial charge in [0.05, 0.1) is 4.90 Å². The number of aryl methyl sites for hydroxylation is 2. The number of sulfonamides is 1. The molecule has 0 aliphatic carbocycles. The molecule has 1 fully saturated rings. The lowest BCUT2D eigenvalue weighted by atomic mass is 10.1. The lowest BCUT2D eigenvalue weighted by Crippen LogP contribution is -2.42. The number of benzene rings is 1. The van der Waals surface area contributed by atoms with Crippen LogP contribution in [0.25, 0.3) is 0 Å². The summed E-state index contributed by atoms with van der Waals surface area (Å²) < 4.78 is 27.7. The van der Waals surface area contributed by atoms with Crippen molar-refractivity contribution < 1.29 is 8.42 Å². The van der Waals surface area contributed by atoms with Crippen LogP contribution in [0.15, 0.2) is 11.0 Å². The van der Waals surface area contributed by atoms with Gasteiger partial charge in [-0.3, -0.25) is 0 Å². The van der Waals surface area contributed by atoms with E-state index in [0.29, 0.717) is 34.5 Å². The first-order valence-corrected chi connectivity index (χ1v) is 9.76. The Hall–Kier alpha value is -0.720. The van der Waals surface area contributed by atoms with Crippen LogP contribution in [0.4, 0.5) is 5.69 Å². The van der Waals surface area contributed by atoms with Gasteiger partial charge < -0.3 is 5.73 Å². The molecular formula is C15H24N2O2S2. The van der Waals surface area contributed by atoms with E-state index in [9.17, 15) is 8.42 Å². The van der Waals surface area contributed by atoms with Crippen LogP contribution in [-0.4, -0.2) is 36.8 Å². The van der Waals surface area contributed by atoms with E-state index in [4.69, 9.17) is 5.73 Å². The van der Waals surface area contributed by atoms with Crippen molar-refractivity contribution in [1.82, 2.24) is 4.31 Å². The molecule has 0 aromatic heterocycles. The number of nitrogens with two attached hydrogens (primary N) is 1. The molecule has 2 N–H and O–H groups in total. The summed E-state index contributed by atoms with van der Waals surface area (Å²) in [5.74, 6) is 0.858. The second kappa shape index (κ2) is 6.18. The van der Waals surface area contributed by atoms with Gasteiger partial charge in [-0.25, -0.2) is 8.42 Å². The van der Waals surface area contributed by atoms with Crippen LogP contribution >= 0.6 is 11.8 Å². The van der Waals surface area contributed by atoms with E-state index >= 15 is 0 Å².